The number of carbonyl (C=O) groups is 1. The molecule has 4 rings (SSSR count). The van der Waals surface area contributed by atoms with E-state index in [-0.39, 0.29) is 5.91 Å². The fourth-order valence-electron chi connectivity index (χ4n) is 4.15. The van der Waals surface area contributed by atoms with Crippen LogP contribution in [0.5, 0.6) is 0 Å². The Labute approximate surface area is 141 Å². The molecule has 23 heavy (non-hydrogen) atoms. The van der Waals surface area contributed by atoms with E-state index in [4.69, 9.17) is 0 Å². The Bertz CT molecular complexity index is 663. The standard InChI is InChI=1S/C18H23N3OS/c22-17(21-11-5-7-13-6-1-4-10-16(13)21)12-23-18-19-14-8-2-3-9-15(14)20-18/h2-3,8-9,13,16H,1,4-7,10-12H2,(H,19,20)/t13-,16+/m0/s1. The van der Waals surface area contributed by atoms with Crippen molar-refractivity contribution in [2.45, 2.75) is 49.7 Å². The molecule has 1 aromatic carbocycles. The summed E-state index contributed by atoms with van der Waals surface area (Å²) in [5.41, 5.74) is 2.00. The van der Waals surface area contributed by atoms with Crippen LogP contribution in [-0.2, 0) is 4.79 Å². The minimum Gasteiger partial charge on any atom is -0.339 e. The largest absolute Gasteiger partial charge is 0.339 e. The van der Waals surface area contributed by atoms with Crippen LogP contribution in [0.25, 0.3) is 11.0 Å². The number of H-pyrrole nitrogens is 1. The normalized spacial score (nSPS) is 24.6. The van der Waals surface area contributed by atoms with Crippen molar-refractivity contribution in [1.82, 2.24) is 14.9 Å². The summed E-state index contributed by atoms with van der Waals surface area (Å²) in [6.45, 7) is 0.945. The quantitative estimate of drug-likeness (QED) is 0.871. The first-order valence-electron chi connectivity index (χ1n) is 8.68. The molecule has 1 amide bonds. The number of nitrogens with one attached hydrogen (secondary N) is 1. The summed E-state index contributed by atoms with van der Waals surface area (Å²) in [5, 5.41) is 0.844. The molecule has 0 bridgehead atoms. The molecule has 1 saturated heterocycles. The first-order chi connectivity index (χ1) is 11.3. The van der Waals surface area contributed by atoms with E-state index in [1.54, 1.807) is 0 Å². The van der Waals surface area contributed by atoms with E-state index >= 15 is 0 Å². The number of piperidine rings is 1. The molecule has 2 aliphatic rings. The molecule has 2 fully saturated rings. The predicted octanol–water partition coefficient (Wildman–Crippen LogP) is 3.84. The van der Waals surface area contributed by atoms with Gasteiger partial charge in [0.15, 0.2) is 5.16 Å². The zero-order chi connectivity index (χ0) is 15.6. The third kappa shape index (κ3) is 3.11. The number of hydrogen-bond donors (Lipinski definition) is 1. The summed E-state index contributed by atoms with van der Waals surface area (Å²) in [4.78, 5) is 22.7. The number of benzene rings is 1. The summed E-state index contributed by atoms with van der Waals surface area (Å²) in [6, 6.07) is 8.50. The van der Waals surface area contributed by atoms with Crippen LogP contribution in [0.15, 0.2) is 29.4 Å². The van der Waals surface area contributed by atoms with E-state index in [1.807, 2.05) is 24.3 Å². The number of aromatic amines is 1. The summed E-state index contributed by atoms with van der Waals surface area (Å²) in [6.07, 6.45) is 7.61. The molecule has 122 valence electrons. The molecular weight excluding hydrogens is 306 g/mol. The molecule has 0 spiro atoms. The van der Waals surface area contributed by atoms with Gasteiger partial charge in [0.05, 0.1) is 16.8 Å². The van der Waals surface area contributed by atoms with Gasteiger partial charge in [0.2, 0.25) is 5.91 Å². The van der Waals surface area contributed by atoms with Crippen molar-refractivity contribution in [3.05, 3.63) is 24.3 Å². The summed E-state index contributed by atoms with van der Waals surface area (Å²) >= 11 is 1.53. The average molecular weight is 329 g/mol. The maximum Gasteiger partial charge on any atom is 0.233 e. The Balaban J connectivity index is 1.40. The molecule has 1 saturated carbocycles. The van der Waals surface area contributed by atoms with E-state index in [0.717, 1.165) is 28.7 Å². The number of thioether (sulfide) groups is 1. The minimum atomic E-state index is 0.284. The molecular formula is C18H23N3OS. The van der Waals surface area contributed by atoms with Gasteiger partial charge in [-0.2, -0.15) is 0 Å². The van der Waals surface area contributed by atoms with E-state index in [1.165, 1.54) is 50.3 Å². The molecule has 1 N–H and O–H groups in total. The fourth-order valence-corrected chi connectivity index (χ4v) is 4.92. The lowest BCUT2D eigenvalue weighted by atomic mass is 9.78. The molecule has 4 nitrogen and oxygen atoms in total. The summed E-state index contributed by atoms with van der Waals surface area (Å²) < 4.78 is 0. The van der Waals surface area contributed by atoms with E-state index in [9.17, 15) is 4.79 Å². The monoisotopic (exact) mass is 329 g/mol. The number of fused-ring (bicyclic) bond motifs is 2. The second-order valence-corrected chi connectivity index (χ2v) is 7.65. The second kappa shape index (κ2) is 6.56. The topological polar surface area (TPSA) is 49.0 Å². The Morgan fingerprint density at radius 3 is 2.96 bits per heavy atom. The number of nitrogens with zero attached hydrogens (tertiary/aromatic N) is 2. The van der Waals surface area contributed by atoms with Crippen LogP contribution in [-0.4, -0.2) is 39.1 Å². The summed E-state index contributed by atoms with van der Waals surface area (Å²) in [5.74, 6) is 1.52. The SMILES string of the molecule is O=C(CSc1nc2ccccc2[nH]1)N1CCC[C@@H]2CCCC[C@H]21. The Morgan fingerprint density at radius 2 is 2.04 bits per heavy atom. The van der Waals surface area contributed by atoms with Crippen molar-refractivity contribution in [3.8, 4) is 0 Å². The highest BCUT2D eigenvalue weighted by Gasteiger charge is 2.35. The van der Waals surface area contributed by atoms with Gasteiger partial charge in [0.1, 0.15) is 0 Å². The highest BCUT2D eigenvalue weighted by atomic mass is 32.2. The number of rotatable bonds is 3. The maximum absolute atomic E-state index is 12.7. The van der Waals surface area contributed by atoms with Gasteiger partial charge < -0.3 is 9.88 Å². The van der Waals surface area contributed by atoms with Gasteiger partial charge in [-0.15, -0.1) is 0 Å². The van der Waals surface area contributed by atoms with Crippen molar-refractivity contribution < 1.29 is 4.79 Å². The van der Waals surface area contributed by atoms with Gasteiger partial charge in [-0.05, 0) is 43.7 Å². The van der Waals surface area contributed by atoms with Crippen LogP contribution in [0.3, 0.4) is 0 Å². The molecule has 1 aliphatic carbocycles. The van der Waals surface area contributed by atoms with Gasteiger partial charge in [-0.3, -0.25) is 4.79 Å². The van der Waals surface area contributed by atoms with Crippen molar-refractivity contribution in [3.63, 3.8) is 0 Å². The minimum absolute atomic E-state index is 0.284. The number of imidazole rings is 1. The first-order valence-corrected chi connectivity index (χ1v) is 9.67. The third-order valence-electron chi connectivity index (χ3n) is 5.26. The number of hydrogen-bond acceptors (Lipinski definition) is 3. The average Bonchev–Trinajstić information content (AvgIpc) is 3.02. The fraction of sp³-hybridized carbons (Fsp3) is 0.556. The smallest absolute Gasteiger partial charge is 0.233 e. The Kier molecular flexibility index (Phi) is 4.29. The van der Waals surface area contributed by atoms with Crippen LogP contribution in [0.4, 0.5) is 0 Å². The highest BCUT2D eigenvalue weighted by Crippen LogP contribution is 2.35. The number of amides is 1. The number of para-hydroxylation sites is 2. The molecule has 1 aromatic heterocycles. The third-order valence-corrected chi connectivity index (χ3v) is 6.12. The van der Waals surface area contributed by atoms with Gasteiger partial charge in [0.25, 0.3) is 0 Å². The maximum atomic E-state index is 12.7. The molecule has 5 heteroatoms. The predicted molar refractivity (Wildman–Crippen MR) is 93.5 cm³/mol. The zero-order valence-corrected chi connectivity index (χ0v) is 14.1. The van der Waals surface area contributed by atoms with Crippen molar-refractivity contribution in [1.29, 1.82) is 0 Å². The molecule has 2 aromatic rings. The highest BCUT2D eigenvalue weighted by molar-refractivity contribution is 7.99. The molecule has 0 unspecified atom stereocenters. The van der Waals surface area contributed by atoms with E-state index in [0.29, 0.717) is 11.8 Å². The molecule has 2 atom stereocenters. The number of aromatic nitrogens is 2. The molecule has 0 radical (unpaired) electrons. The molecule has 2 heterocycles. The lowest BCUT2D eigenvalue weighted by Gasteiger charge is -2.44. The van der Waals surface area contributed by atoms with Crippen LogP contribution in [0.2, 0.25) is 0 Å². The van der Waals surface area contributed by atoms with Crippen LogP contribution in [0, 0.1) is 5.92 Å². The van der Waals surface area contributed by atoms with Crippen molar-refractivity contribution >= 4 is 28.7 Å². The molecule has 1 aliphatic heterocycles. The number of carbonyl (C=O) groups excluding carboxylic acids is 1. The van der Waals surface area contributed by atoms with E-state index < -0.39 is 0 Å². The first kappa shape index (κ1) is 15.1. The second-order valence-electron chi connectivity index (χ2n) is 6.69. The summed E-state index contributed by atoms with van der Waals surface area (Å²) in [7, 11) is 0. The van der Waals surface area contributed by atoms with Gasteiger partial charge in [-0.25, -0.2) is 4.98 Å². The van der Waals surface area contributed by atoms with Gasteiger partial charge >= 0.3 is 0 Å². The Hall–Kier alpha value is -1.49. The van der Waals surface area contributed by atoms with Crippen molar-refractivity contribution in [2.24, 2.45) is 5.92 Å². The van der Waals surface area contributed by atoms with Crippen LogP contribution in [0.1, 0.15) is 38.5 Å². The zero-order valence-electron chi connectivity index (χ0n) is 13.3. The van der Waals surface area contributed by atoms with Crippen LogP contribution < -0.4 is 0 Å². The Morgan fingerprint density at radius 1 is 1.22 bits per heavy atom. The van der Waals surface area contributed by atoms with E-state index in [2.05, 4.69) is 14.9 Å². The lowest BCUT2D eigenvalue weighted by molar-refractivity contribution is -0.134. The van der Waals surface area contributed by atoms with Crippen LogP contribution >= 0.6 is 11.8 Å². The van der Waals surface area contributed by atoms with Crippen molar-refractivity contribution in [2.75, 3.05) is 12.3 Å². The lowest BCUT2D eigenvalue weighted by Crippen LogP contribution is -2.50. The van der Waals surface area contributed by atoms with Gasteiger partial charge in [0, 0.05) is 12.6 Å². The number of likely N-dealkylation sites (tertiary alicyclic amines) is 1. The van der Waals surface area contributed by atoms with Gasteiger partial charge in [-0.1, -0.05) is 36.7 Å².